The fourth-order valence-electron chi connectivity index (χ4n) is 1.91. The number of carboxylic acid groups (broad SMARTS) is 1. The first-order valence-corrected chi connectivity index (χ1v) is 5.74. The summed E-state index contributed by atoms with van der Waals surface area (Å²) in [7, 11) is 0. The quantitative estimate of drug-likeness (QED) is 0.777. The fourth-order valence-corrected chi connectivity index (χ4v) is 1.91. The molecule has 0 radical (unpaired) electrons. The second-order valence-electron chi connectivity index (χ2n) is 4.10. The third-order valence-corrected chi connectivity index (χ3v) is 2.79. The lowest BCUT2D eigenvalue weighted by atomic mass is 10.2. The zero-order valence-electron chi connectivity index (χ0n) is 9.91. The largest absolute Gasteiger partial charge is 0.478 e. The van der Waals surface area contributed by atoms with E-state index < -0.39 is 5.97 Å². The summed E-state index contributed by atoms with van der Waals surface area (Å²) < 4.78 is 5.55. The Morgan fingerprint density at radius 3 is 2.74 bits per heavy atom. The first kappa shape index (κ1) is 11.4. The molecule has 0 saturated heterocycles. The maximum atomic E-state index is 11.1. The van der Waals surface area contributed by atoms with E-state index in [9.17, 15) is 4.79 Å². The van der Waals surface area contributed by atoms with Crippen molar-refractivity contribution in [2.75, 3.05) is 0 Å². The van der Waals surface area contributed by atoms with Gasteiger partial charge in [0, 0.05) is 18.8 Å². The van der Waals surface area contributed by atoms with Gasteiger partial charge >= 0.3 is 5.97 Å². The van der Waals surface area contributed by atoms with Crippen LogP contribution in [-0.2, 0) is 6.42 Å². The summed E-state index contributed by atoms with van der Waals surface area (Å²) in [6, 6.07) is 8.64. The number of fused-ring (bicyclic) bond motifs is 1. The molecule has 5 heteroatoms. The Hall–Kier alpha value is -2.69. The number of oxazole rings is 1. The first-order chi connectivity index (χ1) is 9.24. The molecule has 0 aliphatic rings. The van der Waals surface area contributed by atoms with Crippen LogP contribution in [0.1, 0.15) is 21.8 Å². The Morgan fingerprint density at radius 1 is 1.21 bits per heavy atom. The molecule has 0 amide bonds. The minimum atomic E-state index is -1.02. The highest BCUT2D eigenvalue weighted by Crippen LogP contribution is 2.21. The Labute approximate surface area is 108 Å². The molecule has 1 aromatic carbocycles. The fraction of sp³-hybridized carbons (Fsp3) is 0.0714. The molecule has 0 unspecified atom stereocenters. The predicted octanol–water partition coefficient (Wildman–Crippen LogP) is 2.51. The van der Waals surface area contributed by atoms with Crippen LogP contribution >= 0.6 is 0 Å². The number of carbonyl (C=O) groups is 1. The smallest absolute Gasteiger partial charge is 0.339 e. The molecule has 0 fully saturated rings. The zero-order valence-corrected chi connectivity index (χ0v) is 9.91. The van der Waals surface area contributed by atoms with Crippen LogP contribution in [0.15, 0.2) is 47.1 Å². The van der Waals surface area contributed by atoms with Crippen LogP contribution in [0.3, 0.4) is 0 Å². The monoisotopic (exact) mass is 254 g/mol. The highest BCUT2D eigenvalue weighted by molar-refractivity contribution is 5.99. The molecule has 0 spiro atoms. The zero-order chi connectivity index (χ0) is 13.2. The Kier molecular flexibility index (Phi) is 2.72. The average molecular weight is 254 g/mol. The first-order valence-electron chi connectivity index (χ1n) is 5.74. The van der Waals surface area contributed by atoms with Crippen molar-refractivity contribution in [1.82, 2.24) is 9.97 Å². The molecule has 2 aromatic heterocycles. The number of aromatic nitrogens is 2. The summed E-state index contributed by atoms with van der Waals surface area (Å²) in [5.74, 6) is -0.521. The van der Waals surface area contributed by atoms with Crippen LogP contribution < -0.4 is 0 Å². The van der Waals surface area contributed by atoms with E-state index in [2.05, 4.69) is 9.97 Å². The number of carboxylic acids is 1. The van der Waals surface area contributed by atoms with Crippen LogP contribution in [0.2, 0.25) is 0 Å². The molecule has 94 valence electrons. The van der Waals surface area contributed by atoms with Crippen molar-refractivity contribution in [3.63, 3.8) is 0 Å². The number of para-hydroxylation sites is 1. The van der Waals surface area contributed by atoms with E-state index in [4.69, 9.17) is 9.52 Å². The Bertz CT molecular complexity index is 735. The van der Waals surface area contributed by atoms with Gasteiger partial charge in [-0.3, -0.25) is 4.98 Å². The second kappa shape index (κ2) is 4.53. The van der Waals surface area contributed by atoms with Crippen molar-refractivity contribution < 1.29 is 14.3 Å². The van der Waals surface area contributed by atoms with Crippen molar-refractivity contribution in [1.29, 1.82) is 0 Å². The topological polar surface area (TPSA) is 76.2 Å². The molecule has 5 nitrogen and oxygen atoms in total. The number of hydrogen-bond donors (Lipinski definition) is 1. The summed E-state index contributed by atoms with van der Waals surface area (Å²) in [6.07, 6.45) is 3.90. The Morgan fingerprint density at radius 2 is 2.00 bits per heavy atom. The Balaban J connectivity index is 2.03. The van der Waals surface area contributed by atoms with Gasteiger partial charge in [0.2, 0.25) is 0 Å². The number of pyridine rings is 1. The van der Waals surface area contributed by atoms with Crippen LogP contribution in [0.25, 0.3) is 11.1 Å². The summed E-state index contributed by atoms with van der Waals surface area (Å²) in [6.45, 7) is 0. The van der Waals surface area contributed by atoms with Gasteiger partial charge in [0.05, 0.1) is 0 Å². The number of rotatable bonds is 3. The van der Waals surface area contributed by atoms with Gasteiger partial charge in [0.15, 0.2) is 11.5 Å². The summed E-state index contributed by atoms with van der Waals surface area (Å²) in [4.78, 5) is 19.3. The third-order valence-electron chi connectivity index (χ3n) is 2.79. The van der Waals surface area contributed by atoms with Gasteiger partial charge in [0.1, 0.15) is 11.1 Å². The number of aromatic carboxylic acids is 1. The van der Waals surface area contributed by atoms with E-state index in [1.807, 2.05) is 12.1 Å². The van der Waals surface area contributed by atoms with E-state index in [0.717, 1.165) is 5.56 Å². The lowest BCUT2D eigenvalue weighted by Crippen LogP contribution is -1.95. The normalized spacial score (nSPS) is 10.7. The molecule has 3 rings (SSSR count). The lowest BCUT2D eigenvalue weighted by Gasteiger charge is -1.95. The van der Waals surface area contributed by atoms with E-state index in [1.54, 1.807) is 24.5 Å². The van der Waals surface area contributed by atoms with Crippen LogP contribution in [0.4, 0.5) is 0 Å². The van der Waals surface area contributed by atoms with Crippen LogP contribution in [0.5, 0.6) is 0 Å². The molecule has 19 heavy (non-hydrogen) atoms. The van der Waals surface area contributed by atoms with Crippen molar-refractivity contribution in [3.05, 3.63) is 59.7 Å². The van der Waals surface area contributed by atoms with Gasteiger partial charge in [-0.25, -0.2) is 9.78 Å². The molecule has 0 saturated carbocycles. The van der Waals surface area contributed by atoms with Crippen LogP contribution in [-0.4, -0.2) is 21.0 Å². The minimum Gasteiger partial charge on any atom is -0.478 e. The van der Waals surface area contributed by atoms with Crippen molar-refractivity contribution in [3.8, 4) is 0 Å². The number of hydrogen-bond acceptors (Lipinski definition) is 4. The van der Waals surface area contributed by atoms with E-state index in [-0.39, 0.29) is 5.56 Å². The molecule has 1 N–H and O–H groups in total. The van der Waals surface area contributed by atoms with Crippen molar-refractivity contribution in [2.24, 2.45) is 0 Å². The maximum absolute atomic E-state index is 11.1. The molecule has 0 atom stereocenters. The molecule has 0 aliphatic heterocycles. The standard InChI is InChI=1S/C14H10N2O3/c17-14(18)10-2-1-3-11-13(10)19-12(16-11)8-9-4-6-15-7-5-9/h1-7H,8H2,(H,17,18). The van der Waals surface area contributed by atoms with Gasteiger partial charge in [-0.05, 0) is 29.8 Å². The molecule has 0 bridgehead atoms. The van der Waals surface area contributed by atoms with Gasteiger partial charge in [-0.2, -0.15) is 0 Å². The highest BCUT2D eigenvalue weighted by Gasteiger charge is 2.14. The van der Waals surface area contributed by atoms with Gasteiger partial charge < -0.3 is 9.52 Å². The second-order valence-corrected chi connectivity index (χ2v) is 4.10. The van der Waals surface area contributed by atoms with Gasteiger partial charge in [-0.15, -0.1) is 0 Å². The van der Waals surface area contributed by atoms with E-state index in [1.165, 1.54) is 6.07 Å². The number of benzene rings is 1. The molecule has 2 heterocycles. The molecular formula is C14H10N2O3. The van der Waals surface area contributed by atoms with Gasteiger partial charge in [0.25, 0.3) is 0 Å². The summed E-state index contributed by atoms with van der Waals surface area (Å²) >= 11 is 0. The maximum Gasteiger partial charge on any atom is 0.339 e. The molecular weight excluding hydrogens is 244 g/mol. The predicted molar refractivity (Wildman–Crippen MR) is 68.0 cm³/mol. The van der Waals surface area contributed by atoms with Crippen molar-refractivity contribution >= 4 is 17.1 Å². The highest BCUT2D eigenvalue weighted by atomic mass is 16.4. The summed E-state index contributed by atoms with van der Waals surface area (Å²) in [5, 5.41) is 9.09. The van der Waals surface area contributed by atoms with Gasteiger partial charge in [-0.1, -0.05) is 6.07 Å². The number of nitrogens with zero attached hydrogens (tertiary/aromatic N) is 2. The van der Waals surface area contributed by atoms with Crippen LogP contribution in [0, 0.1) is 0 Å². The third kappa shape index (κ3) is 2.18. The SMILES string of the molecule is O=C(O)c1cccc2nc(Cc3ccncc3)oc12. The molecule has 3 aromatic rings. The average Bonchev–Trinajstić information content (AvgIpc) is 2.81. The lowest BCUT2D eigenvalue weighted by molar-refractivity contribution is 0.0698. The molecule has 0 aliphatic carbocycles. The summed E-state index contributed by atoms with van der Waals surface area (Å²) in [5.41, 5.74) is 2.02. The minimum absolute atomic E-state index is 0.131. The van der Waals surface area contributed by atoms with E-state index >= 15 is 0 Å². The van der Waals surface area contributed by atoms with E-state index in [0.29, 0.717) is 23.4 Å². The van der Waals surface area contributed by atoms with Crippen molar-refractivity contribution in [2.45, 2.75) is 6.42 Å².